The summed E-state index contributed by atoms with van der Waals surface area (Å²) in [4.78, 5) is 15.1. The maximum atomic E-state index is 6.13. The Balaban J connectivity index is 1.31. The monoisotopic (exact) mass is 444 g/mol. The minimum atomic E-state index is 0.0858. The van der Waals surface area contributed by atoms with E-state index in [0.717, 1.165) is 38.0 Å². The molecule has 1 aliphatic rings. The molecule has 1 fully saturated rings. The number of rotatable bonds is 7. The van der Waals surface area contributed by atoms with Gasteiger partial charge >= 0.3 is 0 Å². The predicted molar refractivity (Wildman–Crippen MR) is 116 cm³/mol. The molecule has 1 aromatic carbocycles. The van der Waals surface area contributed by atoms with Crippen molar-refractivity contribution in [3.8, 4) is 11.8 Å². The van der Waals surface area contributed by atoms with Crippen LogP contribution in [-0.2, 0) is 13.2 Å². The van der Waals surface area contributed by atoms with Crippen molar-refractivity contribution in [3.05, 3.63) is 76.3 Å². The van der Waals surface area contributed by atoms with Crippen LogP contribution < -0.4 is 9.47 Å². The first-order valence-electron chi connectivity index (χ1n) is 9.83. The summed E-state index contributed by atoms with van der Waals surface area (Å²) in [5.74, 6) is 0.799. The summed E-state index contributed by atoms with van der Waals surface area (Å²) in [6, 6.07) is 9.50. The lowest BCUT2D eigenvalue weighted by Gasteiger charge is -2.31. The van der Waals surface area contributed by atoms with Crippen molar-refractivity contribution in [2.24, 2.45) is 0 Å². The Morgan fingerprint density at radius 1 is 0.867 bits per heavy atom. The van der Waals surface area contributed by atoms with Crippen LogP contribution >= 0.6 is 23.2 Å². The van der Waals surface area contributed by atoms with Gasteiger partial charge in [0, 0.05) is 44.4 Å². The van der Waals surface area contributed by atoms with E-state index in [-0.39, 0.29) is 6.10 Å². The van der Waals surface area contributed by atoms with Crippen LogP contribution in [0.1, 0.15) is 24.0 Å². The number of hydrogen-bond donors (Lipinski definition) is 0. The highest BCUT2D eigenvalue weighted by Crippen LogP contribution is 2.27. The van der Waals surface area contributed by atoms with Gasteiger partial charge in [0.25, 0.3) is 11.8 Å². The van der Waals surface area contributed by atoms with Gasteiger partial charge in [0.1, 0.15) is 12.7 Å². The number of halogens is 2. The van der Waals surface area contributed by atoms with Crippen LogP contribution in [0.25, 0.3) is 0 Å². The second kappa shape index (κ2) is 10.1. The van der Waals surface area contributed by atoms with E-state index in [0.29, 0.717) is 28.4 Å². The number of likely N-dealkylation sites (tertiary alicyclic amines) is 1. The molecular weight excluding hydrogens is 423 g/mol. The highest BCUT2D eigenvalue weighted by molar-refractivity contribution is 6.42. The Bertz CT molecular complexity index is 966. The fraction of sp³-hybridized carbons (Fsp3) is 0.318. The number of pyridine rings is 1. The number of nitrogens with zero attached hydrogens (tertiary/aromatic N) is 4. The summed E-state index contributed by atoms with van der Waals surface area (Å²) in [6.45, 7) is 3.16. The van der Waals surface area contributed by atoms with Crippen molar-refractivity contribution in [1.82, 2.24) is 19.9 Å². The van der Waals surface area contributed by atoms with Gasteiger partial charge in [0.15, 0.2) is 0 Å². The molecule has 4 rings (SSSR count). The topological polar surface area (TPSA) is 60.4 Å². The third-order valence-electron chi connectivity index (χ3n) is 4.96. The van der Waals surface area contributed by atoms with Crippen LogP contribution in [0.2, 0.25) is 10.0 Å². The number of aromatic nitrogens is 3. The van der Waals surface area contributed by atoms with E-state index >= 15 is 0 Å². The Kier molecular flexibility index (Phi) is 7.00. The number of benzene rings is 1. The molecule has 3 heterocycles. The zero-order chi connectivity index (χ0) is 20.8. The van der Waals surface area contributed by atoms with Crippen LogP contribution in [0.3, 0.4) is 0 Å². The van der Waals surface area contributed by atoms with Crippen molar-refractivity contribution in [3.63, 3.8) is 0 Å². The lowest BCUT2D eigenvalue weighted by molar-refractivity contribution is 0.0883. The van der Waals surface area contributed by atoms with Crippen LogP contribution in [0.4, 0.5) is 0 Å². The van der Waals surface area contributed by atoms with Gasteiger partial charge in [-0.2, -0.15) is 0 Å². The van der Waals surface area contributed by atoms with E-state index in [4.69, 9.17) is 32.7 Å². The van der Waals surface area contributed by atoms with Crippen molar-refractivity contribution >= 4 is 23.2 Å². The van der Waals surface area contributed by atoms with Crippen molar-refractivity contribution in [1.29, 1.82) is 0 Å². The largest absolute Gasteiger partial charge is 0.470 e. The van der Waals surface area contributed by atoms with E-state index in [9.17, 15) is 0 Å². The predicted octanol–water partition coefficient (Wildman–Crippen LogP) is 4.80. The highest BCUT2D eigenvalue weighted by Gasteiger charge is 2.22. The fourth-order valence-corrected chi connectivity index (χ4v) is 3.68. The molecule has 1 aliphatic heterocycles. The Labute approximate surface area is 185 Å². The molecule has 0 atom stereocenters. The molecule has 0 aliphatic carbocycles. The van der Waals surface area contributed by atoms with E-state index in [1.54, 1.807) is 24.5 Å². The van der Waals surface area contributed by atoms with E-state index in [2.05, 4.69) is 32.0 Å². The zero-order valence-electron chi connectivity index (χ0n) is 16.4. The van der Waals surface area contributed by atoms with E-state index in [1.165, 1.54) is 5.56 Å². The third kappa shape index (κ3) is 5.59. The summed E-state index contributed by atoms with van der Waals surface area (Å²) in [6.07, 6.45) is 8.80. The molecule has 0 radical (unpaired) electrons. The summed E-state index contributed by atoms with van der Waals surface area (Å²) >= 11 is 12.0. The summed E-state index contributed by atoms with van der Waals surface area (Å²) in [5, 5.41) is 1.01. The Hall–Kier alpha value is -2.41. The van der Waals surface area contributed by atoms with Crippen LogP contribution in [0, 0.1) is 0 Å². The van der Waals surface area contributed by atoms with Gasteiger partial charge in [-0.25, -0.2) is 9.97 Å². The molecule has 0 bridgehead atoms. The molecule has 0 N–H and O–H groups in total. The first-order chi connectivity index (χ1) is 14.7. The average Bonchev–Trinajstić information content (AvgIpc) is 2.77. The summed E-state index contributed by atoms with van der Waals surface area (Å²) < 4.78 is 12.0. The van der Waals surface area contributed by atoms with E-state index < -0.39 is 0 Å². The summed E-state index contributed by atoms with van der Waals surface area (Å²) in [7, 11) is 0. The minimum absolute atomic E-state index is 0.0858. The van der Waals surface area contributed by atoms with Crippen LogP contribution in [0.5, 0.6) is 11.8 Å². The maximum Gasteiger partial charge on any atom is 0.278 e. The fourth-order valence-electron chi connectivity index (χ4n) is 3.36. The minimum Gasteiger partial charge on any atom is -0.470 e. The van der Waals surface area contributed by atoms with Crippen LogP contribution in [-0.4, -0.2) is 39.0 Å². The molecule has 1 saturated heterocycles. The first-order valence-corrected chi connectivity index (χ1v) is 10.6. The molecule has 0 spiro atoms. The second-order valence-corrected chi connectivity index (χ2v) is 7.97. The van der Waals surface area contributed by atoms with Gasteiger partial charge in [0.2, 0.25) is 0 Å². The maximum absolute atomic E-state index is 6.13. The van der Waals surface area contributed by atoms with Gasteiger partial charge in [-0.3, -0.25) is 9.88 Å². The first kappa shape index (κ1) is 20.8. The molecule has 3 aromatic rings. The third-order valence-corrected chi connectivity index (χ3v) is 5.70. The second-order valence-electron chi connectivity index (χ2n) is 7.15. The SMILES string of the molecule is Clc1ccc(COc2nccnc2OC2CCN(Cc3ccncc3)CC2)cc1Cl. The Morgan fingerprint density at radius 2 is 1.60 bits per heavy atom. The van der Waals surface area contributed by atoms with Crippen molar-refractivity contribution in [2.45, 2.75) is 32.1 Å². The number of piperidine rings is 1. The van der Waals surface area contributed by atoms with Gasteiger partial charge in [0.05, 0.1) is 10.0 Å². The van der Waals surface area contributed by atoms with E-state index in [1.807, 2.05) is 18.5 Å². The highest BCUT2D eigenvalue weighted by atomic mass is 35.5. The molecular formula is C22H22Cl2N4O2. The molecule has 30 heavy (non-hydrogen) atoms. The standard InChI is InChI=1S/C22H22Cl2N4O2/c23-19-2-1-17(13-20(19)24)15-29-21-22(27-10-9-26-21)30-18-5-11-28(12-6-18)14-16-3-7-25-8-4-16/h1-4,7-10,13,18H,5-6,11-12,14-15H2. The molecule has 0 unspecified atom stereocenters. The number of ether oxygens (including phenoxy) is 2. The lowest BCUT2D eigenvalue weighted by Crippen LogP contribution is -2.38. The van der Waals surface area contributed by atoms with Gasteiger partial charge in [-0.15, -0.1) is 0 Å². The summed E-state index contributed by atoms with van der Waals surface area (Å²) in [5.41, 5.74) is 2.17. The molecule has 2 aromatic heterocycles. The molecule has 6 nitrogen and oxygen atoms in total. The zero-order valence-corrected chi connectivity index (χ0v) is 17.9. The molecule has 8 heteroatoms. The normalized spacial score (nSPS) is 15.1. The molecule has 0 amide bonds. The Morgan fingerprint density at radius 3 is 2.33 bits per heavy atom. The smallest absolute Gasteiger partial charge is 0.278 e. The number of hydrogen-bond acceptors (Lipinski definition) is 6. The lowest BCUT2D eigenvalue weighted by atomic mass is 10.1. The quantitative estimate of drug-likeness (QED) is 0.521. The van der Waals surface area contributed by atoms with Crippen molar-refractivity contribution < 1.29 is 9.47 Å². The van der Waals surface area contributed by atoms with Gasteiger partial charge in [-0.1, -0.05) is 29.3 Å². The van der Waals surface area contributed by atoms with Crippen molar-refractivity contribution in [2.75, 3.05) is 13.1 Å². The average molecular weight is 445 g/mol. The molecule has 0 saturated carbocycles. The van der Waals surface area contributed by atoms with Gasteiger partial charge < -0.3 is 9.47 Å². The van der Waals surface area contributed by atoms with Crippen LogP contribution in [0.15, 0.2) is 55.1 Å². The molecule has 156 valence electrons. The van der Waals surface area contributed by atoms with Gasteiger partial charge in [-0.05, 0) is 48.2 Å².